The van der Waals surface area contributed by atoms with Crippen LogP contribution in [0.1, 0.15) is 17.3 Å². The van der Waals surface area contributed by atoms with Crippen molar-refractivity contribution in [3.63, 3.8) is 0 Å². The number of amides is 1. The third-order valence-electron chi connectivity index (χ3n) is 3.65. The molecule has 0 radical (unpaired) electrons. The first-order chi connectivity index (χ1) is 12.0. The molecular formula is C18H14Cl2N2O3. The molecule has 3 rings (SSSR count). The quantitative estimate of drug-likeness (QED) is 0.650. The molecule has 0 saturated heterocycles. The molecule has 0 unspecified atom stereocenters. The number of carbonyl (C=O) groups is 2. The lowest BCUT2D eigenvalue weighted by atomic mass is 10.2. The van der Waals surface area contributed by atoms with Gasteiger partial charge in [-0.25, -0.2) is 4.79 Å². The summed E-state index contributed by atoms with van der Waals surface area (Å²) in [7, 11) is 0. The van der Waals surface area contributed by atoms with E-state index in [1.165, 1.54) is 13.0 Å². The molecule has 0 saturated carbocycles. The van der Waals surface area contributed by atoms with Crippen molar-refractivity contribution in [2.24, 2.45) is 0 Å². The van der Waals surface area contributed by atoms with Crippen LogP contribution in [0.2, 0.25) is 10.0 Å². The molecule has 0 fully saturated rings. The molecule has 0 aliphatic carbocycles. The molecule has 5 nitrogen and oxygen atoms in total. The van der Waals surface area contributed by atoms with Crippen LogP contribution in [0.5, 0.6) is 0 Å². The number of aromatic amines is 1. The van der Waals surface area contributed by atoms with Crippen LogP contribution in [0.15, 0.2) is 48.7 Å². The molecule has 0 aliphatic rings. The van der Waals surface area contributed by atoms with Gasteiger partial charge in [0, 0.05) is 22.1 Å². The Morgan fingerprint density at radius 1 is 1.16 bits per heavy atom. The normalized spacial score (nSPS) is 12.0. The van der Waals surface area contributed by atoms with Crippen molar-refractivity contribution in [3.05, 3.63) is 64.3 Å². The van der Waals surface area contributed by atoms with Crippen LogP contribution in [0.25, 0.3) is 10.9 Å². The number of hydrogen-bond donors (Lipinski definition) is 2. The Morgan fingerprint density at radius 3 is 2.72 bits per heavy atom. The Kier molecular flexibility index (Phi) is 4.97. The number of esters is 1. The van der Waals surface area contributed by atoms with E-state index in [1.54, 1.807) is 24.4 Å². The van der Waals surface area contributed by atoms with Crippen molar-refractivity contribution >= 4 is 51.7 Å². The fourth-order valence-corrected chi connectivity index (χ4v) is 2.68. The van der Waals surface area contributed by atoms with Crippen molar-refractivity contribution in [2.45, 2.75) is 13.0 Å². The number of H-pyrrole nitrogens is 1. The number of halogens is 2. The number of para-hydroxylation sites is 1. The van der Waals surface area contributed by atoms with E-state index in [1.807, 2.05) is 18.2 Å². The van der Waals surface area contributed by atoms with Crippen LogP contribution in [0.4, 0.5) is 5.69 Å². The van der Waals surface area contributed by atoms with Crippen LogP contribution < -0.4 is 5.32 Å². The van der Waals surface area contributed by atoms with Crippen LogP contribution >= 0.6 is 23.2 Å². The number of nitrogens with one attached hydrogen (secondary N) is 2. The molecule has 128 valence electrons. The monoisotopic (exact) mass is 376 g/mol. The number of hydrogen-bond acceptors (Lipinski definition) is 3. The predicted octanol–water partition coefficient (Wildman–Crippen LogP) is 4.66. The Morgan fingerprint density at radius 2 is 1.92 bits per heavy atom. The molecule has 7 heteroatoms. The number of rotatable bonds is 4. The van der Waals surface area contributed by atoms with E-state index in [0.717, 1.165) is 10.9 Å². The van der Waals surface area contributed by atoms with Gasteiger partial charge in [-0.3, -0.25) is 4.79 Å². The third kappa shape index (κ3) is 3.78. The van der Waals surface area contributed by atoms with Crippen molar-refractivity contribution in [3.8, 4) is 0 Å². The summed E-state index contributed by atoms with van der Waals surface area (Å²) in [6.07, 6.45) is 0.557. The SMILES string of the molecule is C[C@H](OC(=O)c1c[nH]c2ccccc12)C(=O)Nc1cc(Cl)ccc1Cl. The molecular weight excluding hydrogens is 363 g/mol. The first kappa shape index (κ1) is 17.3. The molecule has 0 spiro atoms. The molecule has 1 amide bonds. The van der Waals surface area contributed by atoms with Crippen molar-refractivity contribution < 1.29 is 14.3 Å². The minimum absolute atomic E-state index is 0.341. The molecule has 2 aromatic carbocycles. The van der Waals surface area contributed by atoms with Gasteiger partial charge in [0.15, 0.2) is 6.10 Å². The molecule has 1 aromatic heterocycles. The maximum absolute atomic E-state index is 12.3. The lowest BCUT2D eigenvalue weighted by Gasteiger charge is -2.14. The zero-order chi connectivity index (χ0) is 18.0. The van der Waals surface area contributed by atoms with Gasteiger partial charge < -0.3 is 15.0 Å². The van der Waals surface area contributed by atoms with Crippen molar-refractivity contribution in [2.75, 3.05) is 5.32 Å². The number of fused-ring (bicyclic) bond motifs is 1. The fourth-order valence-electron chi connectivity index (χ4n) is 2.35. The summed E-state index contributed by atoms with van der Waals surface area (Å²) < 4.78 is 5.26. The second-order valence-corrected chi connectivity index (χ2v) is 6.25. The van der Waals surface area contributed by atoms with Crippen LogP contribution in [-0.4, -0.2) is 23.0 Å². The molecule has 1 atom stereocenters. The summed E-state index contributed by atoms with van der Waals surface area (Å²) in [4.78, 5) is 27.6. The highest BCUT2D eigenvalue weighted by Gasteiger charge is 2.21. The van der Waals surface area contributed by atoms with Crippen molar-refractivity contribution in [1.82, 2.24) is 4.98 Å². The van der Waals surface area contributed by atoms with E-state index < -0.39 is 18.0 Å². The van der Waals surface area contributed by atoms with E-state index in [0.29, 0.717) is 21.3 Å². The average Bonchev–Trinajstić information content (AvgIpc) is 3.02. The summed E-state index contributed by atoms with van der Waals surface area (Å²) in [5.41, 5.74) is 1.54. The Labute approximate surface area is 153 Å². The third-order valence-corrected chi connectivity index (χ3v) is 4.21. The number of aromatic nitrogens is 1. The lowest BCUT2D eigenvalue weighted by Crippen LogP contribution is -2.30. The molecule has 2 N–H and O–H groups in total. The second kappa shape index (κ2) is 7.17. The van der Waals surface area contributed by atoms with Gasteiger partial charge in [0.2, 0.25) is 0 Å². The standard InChI is InChI=1S/C18H14Cl2N2O3/c1-10(17(23)22-16-8-11(19)6-7-14(16)20)25-18(24)13-9-21-15-5-3-2-4-12(13)15/h2-10,21H,1H3,(H,22,23)/t10-/m0/s1. The van der Waals surface area contributed by atoms with E-state index in [9.17, 15) is 9.59 Å². The van der Waals surface area contributed by atoms with Gasteiger partial charge in [-0.15, -0.1) is 0 Å². The summed E-state index contributed by atoms with van der Waals surface area (Å²) in [5, 5.41) is 4.11. The number of carbonyl (C=O) groups excluding carboxylic acids is 2. The van der Waals surface area contributed by atoms with Gasteiger partial charge in [0.05, 0.1) is 16.3 Å². The molecule has 0 bridgehead atoms. The van der Waals surface area contributed by atoms with E-state index >= 15 is 0 Å². The van der Waals surface area contributed by atoms with E-state index in [2.05, 4.69) is 10.3 Å². The van der Waals surface area contributed by atoms with Crippen molar-refractivity contribution in [1.29, 1.82) is 0 Å². The summed E-state index contributed by atoms with van der Waals surface area (Å²) in [6, 6.07) is 12.0. The first-order valence-electron chi connectivity index (χ1n) is 7.48. The lowest BCUT2D eigenvalue weighted by molar-refractivity contribution is -0.123. The predicted molar refractivity (Wildman–Crippen MR) is 98.3 cm³/mol. The maximum atomic E-state index is 12.3. The number of benzene rings is 2. The summed E-state index contributed by atoms with van der Waals surface area (Å²) in [5.74, 6) is -1.09. The molecule has 1 heterocycles. The Balaban J connectivity index is 1.71. The fraction of sp³-hybridized carbons (Fsp3) is 0.111. The van der Waals surface area contributed by atoms with Gasteiger partial charge in [-0.1, -0.05) is 41.4 Å². The van der Waals surface area contributed by atoms with Gasteiger partial charge >= 0.3 is 5.97 Å². The zero-order valence-corrected chi connectivity index (χ0v) is 14.7. The summed E-state index contributed by atoms with van der Waals surface area (Å²) in [6.45, 7) is 1.49. The second-order valence-electron chi connectivity index (χ2n) is 5.41. The van der Waals surface area contributed by atoms with Gasteiger partial charge in [0.1, 0.15) is 0 Å². The van der Waals surface area contributed by atoms with Crippen LogP contribution in [-0.2, 0) is 9.53 Å². The maximum Gasteiger partial charge on any atom is 0.341 e. The van der Waals surface area contributed by atoms with Gasteiger partial charge in [-0.05, 0) is 31.2 Å². The highest BCUT2D eigenvalue weighted by Crippen LogP contribution is 2.26. The van der Waals surface area contributed by atoms with E-state index in [-0.39, 0.29) is 0 Å². The van der Waals surface area contributed by atoms with E-state index in [4.69, 9.17) is 27.9 Å². The highest BCUT2D eigenvalue weighted by molar-refractivity contribution is 6.35. The van der Waals surface area contributed by atoms with Gasteiger partial charge in [-0.2, -0.15) is 0 Å². The molecule has 0 aliphatic heterocycles. The summed E-state index contributed by atoms with van der Waals surface area (Å²) >= 11 is 11.9. The minimum Gasteiger partial charge on any atom is -0.449 e. The van der Waals surface area contributed by atoms with Gasteiger partial charge in [0.25, 0.3) is 5.91 Å². The number of anilines is 1. The minimum atomic E-state index is -1.00. The Hall–Kier alpha value is -2.50. The topological polar surface area (TPSA) is 71.2 Å². The first-order valence-corrected chi connectivity index (χ1v) is 8.24. The Bertz CT molecular complexity index is 952. The smallest absolute Gasteiger partial charge is 0.341 e. The number of ether oxygens (including phenoxy) is 1. The average molecular weight is 377 g/mol. The highest BCUT2D eigenvalue weighted by atomic mass is 35.5. The van der Waals surface area contributed by atoms with Crippen LogP contribution in [0, 0.1) is 0 Å². The van der Waals surface area contributed by atoms with Crippen LogP contribution in [0.3, 0.4) is 0 Å². The zero-order valence-electron chi connectivity index (χ0n) is 13.2. The molecule has 25 heavy (non-hydrogen) atoms. The largest absolute Gasteiger partial charge is 0.449 e. The molecule has 3 aromatic rings.